The molecular weight excluding hydrogens is 219 g/mol. The summed E-state index contributed by atoms with van der Waals surface area (Å²) >= 11 is 0. The molecule has 2 N–H and O–H groups in total. The van der Waals surface area contributed by atoms with Gasteiger partial charge in [-0.15, -0.1) is 13.2 Å². The Morgan fingerprint density at radius 1 is 0.917 bits per heavy atom. The van der Waals surface area contributed by atoms with Crippen molar-refractivity contribution in [3.8, 4) is 0 Å². The normalized spacial score (nSPS) is 10.5. The van der Waals surface area contributed by atoms with E-state index in [2.05, 4.69) is 13.2 Å². The zero-order valence-corrected chi connectivity index (χ0v) is 7.10. The minimum atomic E-state index is -4.62. The first kappa shape index (κ1) is 18.4. The fourth-order valence-electron chi connectivity index (χ4n) is 0.188. The predicted molar refractivity (Wildman–Crippen MR) is 46.4 cm³/mol. The van der Waals surface area contributed by atoms with Crippen LogP contribution in [0.5, 0.6) is 0 Å². The van der Waals surface area contributed by atoms with Crippen molar-refractivity contribution in [1.82, 2.24) is 0 Å². The van der Waals surface area contributed by atoms with Crippen LogP contribution in [-0.4, -0.2) is 60.6 Å². The van der Waals surface area contributed by atoms with E-state index in [1.54, 1.807) is 0 Å². The van der Waals surface area contributed by atoms with E-state index in [0.717, 1.165) is 0 Å². The van der Waals surface area contributed by atoms with E-state index in [4.69, 9.17) is 9.11 Å². The van der Waals surface area contributed by atoms with Crippen molar-refractivity contribution < 1.29 is 25.9 Å². The van der Waals surface area contributed by atoms with Gasteiger partial charge in [0.2, 0.25) is 5.08 Å². The van der Waals surface area contributed by atoms with E-state index in [-0.39, 0.29) is 29.6 Å². The Morgan fingerprint density at radius 3 is 1.08 bits per heavy atom. The summed E-state index contributed by atoms with van der Waals surface area (Å²) in [6.45, 7) is 6.00. The van der Waals surface area contributed by atoms with Gasteiger partial charge in [0.1, 0.15) is 0 Å². The monoisotopic (exact) mass is 228 g/mol. The third-order valence-electron chi connectivity index (χ3n) is 0.298. The third-order valence-corrected chi connectivity index (χ3v) is 2.68. The number of hydrogen-bond acceptors (Lipinski definition) is 4. The molecule has 0 aromatic rings. The van der Waals surface area contributed by atoms with Gasteiger partial charge >= 0.3 is 29.6 Å². The van der Waals surface area contributed by atoms with E-state index in [0.29, 0.717) is 0 Å². The molecule has 0 saturated heterocycles. The Labute approximate surface area is 93.5 Å². The summed E-state index contributed by atoms with van der Waals surface area (Å²) in [6, 6.07) is 0. The van der Waals surface area contributed by atoms with Crippen LogP contribution in [0.15, 0.2) is 13.2 Å². The third kappa shape index (κ3) is 22.4. The van der Waals surface area contributed by atoms with E-state index in [9.17, 15) is 16.8 Å². The van der Waals surface area contributed by atoms with Crippen LogP contribution in [0.2, 0.25) is 0 Å². The molecule has 0 radical (unpaired) electrons. The van der Waals surface area contributed by atoms with E-state index in [1.165, 1.54) is 0 Å². The molecule has 0 fully saturated rings. The summed E-state index contributed by atoms with van der Waals surface area (Å²) in [7, 11) is -9.24. The number of rotatable bonds is 2. The molecule has 0 rings (SSSR count). The van der Waals surface area contributed by atoms with Gasteiger partial charge in [0.15, 0.2) is 0 Å². The summed E-state index contributed by atoms with van der Waals surface area (Å²) in [5.41, 5.74) is 0. The van der Waals surface area contributed by atoms with Crippen molar-refractivity contribution in [3.05, 3.63) is 13.2 Å². The first-order chi connectivity index (χ1) is 4.71. The summed E-state index contributed by atoms with van der Waals surface area (Å²) in [5.74, 6) is 0. The van der Waals surface area contributed by atoms with Crippen molar-refractivity contribution in [1.29, 1.82) is 0 Å². The van der Waals surface area contributed by atoms with Crippen LogP contribution >= 0.6 is 0 Å². The second-order valence-electron chi connectivity index (χ2n) is 1.28. The molecular formula is C3H9NaO6S2. The molecule has 0 amide bonds. The molecule has 0 aromatic carbocycles. The molecule has 12 heavy (non-hydrogen) atoms. The summed E-state index contributed by atoms with van der Waals surface area (Å²) < 4.78 is 54.2. The molecule has 0 atom stereocenters. The maximum atomic E-state index is 9.66. The Balaban J connectivity index is -0.000000249. The second kappa shape index (κ2) is 7.01. The van der Waals surface area contributed by atoms with Gasteiger partial charge in [0.25, 0.3) is 20.2 Å². The minimum absolute atomic E-state index is 0. The molecule has 0 heterocycles. The van der Waals surface area contributed by atoms with E-state index >= 15 is 0 Å². The van der Waals surface area contributed by atoms with Crippen LogP contribution in [0.4, 0.5) is 0 Å². The summed E-state index contributed by atoms with van der Waals surface area (Å²) in [5, 5.41) is -1.65. The van der Waals surface area contributed by atoms with Crippen molar-refractivity contribution in [2.24, 2.45) is 0 Å². The molecule has 9 heteroatoms. The topological polar surface area (TPSA) is 109 Å². The standard InChI is InChI=1S/C2H4.CH4O6S2.Na.H/c1-2;2-8(3,4)1-9(5,6)7;;/h1-2H2;1H2,(H,2,3,4)(H,5,6,7);;. The fraction of sp³-hybridized carbons (Fsp3) is 0.333. The van der Waals surface area contributed by atoms with Gasteiger partial charge in [-0.25, -0.2) is 0 Å². The van der Waals surface area contributed by atoms with Crippen LogP contribution in [-0.2, 0) is 20.2 Å². The van der Waals surface area contributed by atoms with E-state index < -0.39 is 25.3 Å². The summed E-state index contributed by atoms with van der Waals surface area (Å²) in [6.07, 6.45) is 0. The average Bonchev–Trinajstić information content (AvgIpc) is 1.60. The van der Waals surface area contributed by atoms with Gasteiger partial charge in [-0.3, -0.25) is 9.11 Å². The second-order valence-corrected chi connectivity index (χ2v) is 4.55. The van der Waals surface area contributed by atoms with Crippen molar-refractivity contribution in [3.63, 3.8) is 0 Å². The molecule has 0 unspecified atom stereocenters. The van der Waals surface area contributed by atoms with Gasteiger partial charge in [-0.1, -0.05) is 0 Å². The zero-order valence-electron chi connectivity index (χ0n) is 5.47. The average molecular weight is 228 g/mol. The quantitative estimate of drug-likeness (QED) is 0.352. The number of hydrogen-bond donors (Lipinski definition) is 2. The van der Waals surface area contributed by atoms with Gasteiger partial charge < -0.3 is 0 Å². The van der Waals surface area contributed by atoms with Crippen molar-refractivity contribution in [2.75, 3.05) is 5.08 Å². The van der Waals surface area contributed by atoms with E-state index in [1.807, 2.05) is 0 Å². The maximum absolute atomic E-state index is 9.66. The molecule has 0 spiro atoms. The SMILES string of the molecule is C=C.O=S(=O)(O)CS(=O)(=O)O.[NaH]. The Bertz CT molecular complexity index is 259. The summed E-state index contributed by atoms with van der Waals surface area (Å²) in [4.78, 5) is 0. The fourth-order valence-corrected chi connectivity index (χ4v) is 1.69. The molecule has 0 bridgehead atoms. The van der Waals surface area contributed by atoms with Crippen LogP contribution in [0.3, 0.4) is 0 Å². The molecule has 0 aliphatic rings. The van der Waals surface area contributed by atoms with Crippen LogP contribution in [0.1, 0.15) is 0 Å². The van der Waals surface area contributed by atoms with Crippen molar-refractivity contribution in [2.45, 2.75) is 0 Å². The first-order valence-electron chi connectivity index (χ1n) is 2.11. The van der Waals surface area contributed by atoms with Crippen LogP contribution in [0, 0.1) is 0 Å². The Hall–Kier alpha value is 0.560. The molecule has 0 aliphatic heterocycles. The molecule has 70 valence electrons. The molecule has 0 saturated carbocycles. The first-order valence-corrected chi connectivity index (χ1v) is 5.33. The van der Waals surface area contributed by atoms with Gasteiger partial charge in [0.05, 0.1) is 0 Å². The van der Waals surface area contributed by atoms with Gasteiger partial charge in [-0.05, 0) is 0 Å². The molecule has 6 nitrogen and oxygen atoms in total. The Kier molecular flexibility index (Phi) is 10.7. The predicted octanol–water partition coefficient (Wildman–Crippen LogP) is -1.13. The molecule has 0 aliphatic carbocycles. The van der Waals surface area contributed by atoms with Crippen molar-refractivity contribution >= 4 is 49.8 Å². The van der Waals surface area contributed by atoms with Crippen LogP contribution in [0.25, 0.3) is 0 Å². The van der Waals surface area contributed by atoms with Gasteiger partial charge in [-0.2, -0.15) is 16.8 Å². The van der Waals surface area contributed by atoms with Crippen LogP contribution < -0.4 is 0 Å². The zero-order chi connectivity index (χ0) is 9.71. The molecule has 0 aromatic heterocycles. The Morgan fingerprint density at radius 2 is 1.08 bits per heavy atom. The van der Waals surface area contributed by atoms with Gasteiger partial charge in [0, 0.05) is 0 Å².